The molecule has 1 rings (SSSR count). The summed E-state index contributed by atoms with van der Waals surface area (Å²) in [5, 5.41) is 11.7. The predicted molar refractivity (Wildman–Crippen MR) is 64.1 cm³/mol. The van der Waals surface area contributed by atoms with Crippen molar-refractivity contribution < 1.29 is 9.90 Å². The summed E-state index contributed by atoms with van der Waals surface area (Å²) in [6.07, 6.45) is 2.32. The summed E-state index contributed by atoms with van der Waals surface area (Å²) >= 11 is 0. The Kier molecular flexibility index (Phi) is 4.74. The van der Waals surface area contributed by atoms with E-state index >= 15 is 0 Å². The fourth-order valence-corrected chi connectivity index (χ4v) is 2.52. The molecule has 1 aliphatic heterocycles. The molecule has 16 heavy (non-hydrogen) atoms. The van der Waals surface area contributed by atoms with E-state index < -0.39 is 0 Å². The van der Waals surface area contributed by atoms with E-state index in [9.17, 15) is 4.79 Å². The van der Waals surface area contributed by atoms with Crippen molar-refractivity contribution >= 4 is 5.91 Å². The molecule has 2 N–H and O–H groups in total. The summed E-state index contributed by atoms with van der Waals surface area (Å²) in [5.41, 5.74) is 0. The smallest absolute Gasteiger partial charge is 0.237 e. The van der Waals surface area contributed by atoms with Gasteiger partial charge in [0.1, 0.15) is 0 Å². The number of nitrogens with one attached hydrogen (secondary N) is 1. The van der Waals surface area contributed by atoms with E-state index in [1.54, 1.807) is 0 Å². The highest BCUT2D eigenvalue weighted by molar-refractivity contribution is 5.81. The molecule has 0 aromatic heterocycles. The number of nitrogens with zero attached hydrogens (tertiary/aromatic N) is 1. The monoisotopic (exact) mass is 228 g/mol. The Morgan fingerprint density at radius 1 is 1.38 bits per heavy atom. The van der Waals surface area contributed by atoms with Crippen LogP contribution in [0.4, 0.5) is 0 Å². The normalized spacial score (nSPS) is 30.1. The fraction of sp³-hybridized carbons (Fsp3) is 0.917. The van der Waals surface area contributed by atoms with Gasteiger partial charge in [0.2, 0.25) is 5.91 Å². The van der Waals surface area contributed by atoms with Crippen LogP contribution in [-0.4, -0.2) is 46.7 Å². The van der Waals surface area contributed by atoms with E-state index in [0.717, 1.165) is 12.8 Å². The van der Waals surface area contributed by atoms with Gasteiger partial charge >= 0.3 is 0 Å². The van der Waals surface area contributed by atoms with Crippen molar-refractivity contribution in [3.8, 4) is 0 Å². The lowest BCUT2D eigenvalue weighted by atomic mass is 10.2. The minimum absolute atomic E-state index is 0.0104. The van der Waals surface area contributed by atoms with Crippen molar-refractivity contribution in [3.05, 3.63) is 0 Å². The molecular weight excluding hydrogens is 204 g/mol. The third-order valence-electron chi connectivity index (χ3n) is 3.51. The van der Waals surface area contributed by atoms with Gasteiger partial charge in [-0.15, -0.1) is 0 Å². The summed E-state index contributed by atoms with van der Waals surface area (Å²) in [5.74, 6) is 0.0159. The molecule has 4 nitrogen and oxygen atoms in total. The zero-order chi connectivity index (χ0) is 12.3. The van der Waals surface area contributed by atoms with Gasteiger partial charge in [-0.3, -0.25) is 9.69 Å². The van der Waals surface area contributed by atoms with E-state index in [2.05, 4.69) is 24.1 Å². The second-order valence-corrected chi connectivity index (χ2v) is 4.99. The molecule has 4 heteroatoms. The molecule has 1 saturated heterocycles. The van der Waals surface area contributed by atoms with Crippen molar-refractivity contribution in [1.29, 1.82) is 0 Å². The van der Waals surface area contributed by atoms with Gasteiger partial charge in [-0.2, -0.15) is 0 Å². The lowest BCUT2D eigenvalue weighted by molar-refractivity contribution is -0.127. The Morgan fingerprint density at radius 2 is 1.88 bits per heavy atom. The van der Waals surface area contributed by atoms with Crippen LogP contribution in [0.3, 0.4) is 0 Å². The molecule has 0 unspecified atom stereocenters. The van der Waals surface area contributed by atoms with Gasteiger partial charge in [-0.25, -0.2) is 0 Å². The molecule has 1 heterocycles. The molecular formula is C12H24N2O2. The number of carbonyl (C=O) groups excluding carboxylic acids is 1. The van der Waals surface area contributed by atoms with Crippen molar-refractivity contribution in [2.75, 3.05) is 6.61 Å². The zero-order valence-electron chi connectivity index (χ0n) is 10.7. The Bertz CT molecular complexity index is 235. The summed E-state index contributed by atoms with van der Waals surface area (Å²) in [6.45, 7) is 8.08. The number of likely N-dealkylation sites (tertiary alicyclic amines) is 1. The van der Waals surface area contributed by atoms with E-state index in [0.29, 0.717) is 12.1 Å². The van der Waals surface area contributed by atoms with Crippen molar-refractivity contribution in [3.63, 3.8) is 0 Å². The SMILES string of the molecule is C[C@H](CO)NC(=O)[C@H](C)N1[C@H](C)CC[C@@H]1C. The second kappa shape index (κ2) is 5.64. The van der Waals surface area contributed by atoms with E-state index in [1.165, 1.54) is 0 Å². The number of hydrogen-bond acceptors (Lipinski definition) is 3. The Hall–Kier alpha value is -0.610. The van der Waals surface area contributed by atoms with Gasteiger partial charge in [0.05, 0.1) is 12.6 Å². The van der Waals surface area contributed by atoms with Gasteiger partial charge in [0.25, 0.3) is 0 Å². The van der Waals surface area contributed by atoms with E-state index in [-0.39, 0.29) is 24.6 Å². The maximum atomic E-state index is 11.9. The largest absolute Gasteiger partial charge is 0.394 e. The molecule has 94 valence electrons. The summed E-state index contributed by atoms with van der Waals surface area (Å²) in [4.78, 5) is 14.2. The standard InChI is InChI=1S/C12H24N2O2/c1-8(7-15)13-12(16)11(4)14-9(2)5-6-10(14)3/h8-11,15H,5-7H2,1-4H3,(H,13,16)/t8-,9-,10+,11+/m1/s1. The molecule has 0 saturated carbocycles. The van der Waals surface area contributed by atoms with Crippen LogP contribution >= 0.6 is 0 Å². The Balaban J connectivity index is 2.55. The minimum Gasteiger partial charge on any atom is -0.394 e. The highest BCUT2D eigenvalue weighted by Gasteiger charge is 2.34. The molecule has 0 aromatic carbocycles. The highest BCUT2D eigenvalue weighted by atomic mass is 16.3. The molecule has 1 fully saturated rings. The number of amides is 1. The van der Waals surface area contributed by atoms with Crippen LogP contribution in [0, 0.1) is 0 Å². The number of carbonyl (C=O) groups is 1. The molecule has 1 aliphatic rings. The van der Waals surface area contributed by atoms with Gasteiger partial charge in [0, 0.05) is 18.1 Å². The van der Waals surface area contributed by atoms with Crippen LogP contribution < -0.4 is 5.32 Å². The molecule has 4 atom stereocenters. The molecule has 0 aliphatic carbocycles. The Labute approximate surface area is 98.0 Å². The number of aliphatic hydroxyl groups excluding tert-OH is 1. The number of hydrogen-bond donors (Lipinski definition) is 2. The van der Waals surface area contributed by atoms with Crippen molar-refractivity contribution in [1.82, 2.24) is 10.2 Å². The highest BCUT2D eigenvalue weighted by Crippen LogP contribution is 2.25. The summed E-state index contributed by atoms with van der Waals surface area (Å²) in [6, 6.07) is 0.671. The quantitative estimate of drug-likeness (QED) is 0.746. The predicted octanol–water partition coefficient (Wildman–Crippen LogP) is 0.745. The first-order chi connectivity index (χ1) is 7.47. The van der Waals surface area contributed by atoms with Crippen molar-refractivity contribution in [2.45, 2.75) is 64.7 Å². The lowest BCUT2D eigenvalue weighted by Crippen LogP contribution is -2.51. The maximum Gasteiger partial charge on any atom is 0.237 e. The number of rotatable bonds is 4. The van der Waals surface area contributed by atoms with Crippen molar-refractivity contribution in [2.24, 2.45) is 0 Å². The molecule has 1 amide bonds. The van der Waals surface area contributed by atoms with Gasteiger partial charge in [-0.05, 0) is 40.5 Å². The van der Waals surface area contributed by atoms with Crippen LogP contribution in [0.2, 0.25) is 0 Å². The third kappa shape index (κ3) is 2.95. The lowest BCUT2D eigenvalue weighted by Gasteiger charge is -2.32. The Morgan fingerprint density at radius 3 is 2.31 bits per heavy atom. The van der Waals surface area contributed by atoms with E-state index in [1.807, 2.05) is 13.8 Å². The first kappa shape index (κ1) is 13.5. The van der Waals surface area contributed by atoms with Crippen LogP contribution in [0.1, 0.15) is 40.5 Å². The second-order valence-electron chi connectivity index (χ2n) is 4.99. The van der Waals surface area contributed by atoms with Gasteiger partial charge in [0.15, 0.2) is 0 Å². The van der Waals surface area contributed by atoms with Crippen LogP contribution in [0.25, 0.3) is 0 Å². The van der Waals surface area contributed by atoms with Crippen LogP contribution in [0.15, 0.2) is 0 Å². The van der Waals surface area contributed by atoms with E-state index in [4.69, 9.17) is 5.11 Å². The van der Waals surface area contributed by atoms with Crippen LogP contribution in [0.5, 0.6) is 0 Å². The fourth-order valence-electron chi connectivity index (χ4n) is 2.52. The van der Waals surface area contributed by atoms with Crippen LogP contribution in [-0.2, 0) is 4.79 Å². The first-order valence-electron chi connectivity index (χ1n) is 6.16. The topological polar surface area (TPSA) is 52.6 Å². The third-order valence-corrected chi connectivity index (χ3v) is 3.51. The average Bonchev–Trinajstić information content (AvgIpc) is 2.57. The van der Waals surface area contributed by atoms with Gasteiger partial charge < -0.3 is 10.4 Å². The molecule has 0 radical (unpaired) electrons. The molecule has 0 bridgehead atoms. The summed E-state index contributed by atoms with van der Waals surface area (Å²) in [7, 11) is 0. The van der Waals surface area contributed by atoms with Gasteiger partial charge in [-0.1, -0.05) is 0 Å². The summed E-state index contributed by atoms with van der Waals surface area (Å²) < 4.78 is 0. The molecule has 0 aromatic rings. The first-order valence-corrected chi connectivity index (χ1v) is 6.16. The molecule has 0 spiro atoms. The number of aliphatic hydroxyl groups is 1. The zero-order valence-corrected chi connectivity index (χ0v) is 10.7. The average molecular weight is 228 g/mol. The maximum absolute atomic E-state index is 11.9. The minimum atomic E-state index is -0.164.